The molecule has 3 aromatic rings. The van der Waals surface area contributed by atoms with Gasteiger partial charge in [0.05, 0.1) is 6.54 Å². The lowest BCUT2D eigenvalue weighted by Gasteiger charge is -2.23. The van der Waals surface area contributed by atoms with Crippen molar-refractivity contribution in [3.8, 4) is 0 Å². The molecule has 0 aliphatic heterocycles. The lowest BCUT2D eigenvalue weighted by Crippen LogP contribution is -2.40. The van der Waals surface area contributed by atoms with Crippen molar-refractivity contribution in [2.75, 3.05) is 5.32 Å². The maximum absolute atomic E-state index is 12.9. The summed E-state index contributed by atoms with van der Waals surface area (Å²) in [5, 5.41) is 9.59. The van der Waals surface area contributed by atoms with Crippen LogP contribution in [0.25, 0.3) is 0 Å². The van der Waals surface area contributed by atoms with E-state index in [1.807, 2.05) is 30.3 Å². The van der Waals surface area contributed by atoms with E-state index in [0.717, 1.165) is 10.0 Å². The number of amides is 2. The fraction of sp³-hybridized carbons (Fsp3) is 0.273. The Kier molecular flexibility index (Phi) is 7.06. The SMILES string of the molecule is CC(C)(C)OC(=O)N[C@H](C(=O)Nc1ncn(Cc2ccc(Br)cc2)n1)c1ccccc1. The lowest BCUT2D eigenvalue weighted by atomic mass is 10.1. The minimum absolute atomic E-state index is 0.147. The van der Waals surface area contributed by atoms with E-state index < -0.39 is 23.6 Å². The number of aromatic nitrogens is 3. The third-order valence-electron chi connectivity index (χ3n) is 4.09. The summed E-state index contributed by atoms with van der Waals surface area (Å²) < 4.78 is 7.92. The number of anilines is 1. The van der Waals surface area contributed by atoms with Gasteiger partial charge in [0.1, 0.15) is 18.0 Å². The van der Waals surface area contributed by atoms with Crippen LogP contribution in [0.15, 0.2) is 65.4 Å². The molecule has 0 bridgehead atoms. The molecule has 0 aliphatic rings. The van der Waals surface area contributed by atoms with Crippen LogP contribution in [-0.4, -0.2) is 32.4 Å². The van der Waals surface area contributed by atoms with Gasteiger partial charge < -0.3 is 10.1 Å². The van der Waals surface area contributed by atoms with Gasteiger partial charge in [-0.05, 0) is 44.0 Å². The lowest BCUT2D eigenvalue weighted by molar-refractivity contribution is -0.118. The van der Waals surface area contributed by atoms with E-state index in [1.54, 1.807) is 49.7 Å². The van der Waals surface area contributed by atoms with Crippen molar-refractivity contribution in [2.45, 2.75) is 39.0 Å². The molecular formula is C22H24BrN5O3. The molecule has 0 fully saturated rings. The first-order chi connectivity index (χ1) is 14.7. The van der Waals surface area contributed by atoms with Crippen molar-refractivity contribution in [3.05, 3.63) is 76.5 Å². The highest BCUT2D eigenvalue weighted by Gasteiger charge is 2.26. The fourth-order valence-corrected chi connectivity index (χ4v) is 3.02. The normalized spacial score (nSPS) is 12.1. The molecule has 0 unspecified atom stereocenters. The molecule has 1 heterocycles. The van der Waals surface area contributed by atoms with Gasteiger partial charge >= 0.3 is 6.09 Å². The maximum atomic E-state index is 12.9. The first-order valence-electron chi connectivity index (χ1n) is 9.69. The third kappa shape index (κ3) is 6.92. The van der Waals surface area contributed by atoms with Gasteiger partial charge in [0, 0.05) is 4.47 Å². The Labute approximate surface area is 189 Å². The van der Waals surface area contributed by atoms with Crippen LogP contribution in [0.1, 0.15) is 37.9 Å². The molecule has 31 heavy (non-hydrogen) atoms. The largest absolute Gasteiger partial charge is 0.444 e. The number of ether oxygens (including phenoxy) is 1. The van der Waals surface area contributed by atoms with E-state index >= 15 is 0 Å². The summed E-state index contributed by atoms with van der Waals surface area (Å²) in [6, 6.07) is 15.8. The summed E-state index contributed by atoms with van der Waals surface area (Å²) in [7, 11) is 0. The minimum atomic E-state index is -0.963. The second-order valence-electron chi connectivity index (χ2n) is 7.87. The van der Waals surface area contributed by atoms with E-state index in [-0.39, 0.29) is 5.95 Å². The van der Waals surface area contributed by atoms with E-state index in [2.05, 4.69) is 36.6 Å². The van der Waals surface area contributed by atoms with Gasteiger partial charge in [-0.15, -0.1) is 5.10 Å². The van der Waals surface area contributed by atoms with Gasteiger partial charge in [-0.1, -0.05) is 58.4 Å². The van der Waals surface area contributed by atoms with Crippen LogP contribution in [-0.2, 0) is 16.1 Å². The standard InChI is InChI=1S/C22H24BrN5O3/c1-22(2,3)31-21(30)25-18(16-7-5-4-6-8-16)19(29)26-20-24-14-28(27-20)13-15-9-11-17(23)12-10-15/h4-12,14,18H,13H2,1-3H3,(H,25,30)(H,26,27,29)/t18-/m0/s1. The number of halogens is 1. The van der Waals surface area contributed by atoms with Crippen molar-refractivity contribution in [1.82, 2.24) is 20.1 Å². The first-order valence-corrected chi connectivity index (χ1v) is 10.5. The summed E-state index contributed by atoms with van der Waals surface area (Å²) in [6.07, 6.45) is 0.849. The average molecular weight is 486 g/mol. The quantitative estimate of drug-likeness (QED) is 0.542. The Morgan fingerprint density at radius 2 is 1.77 bits per heavy atom. The molecule has 1 aromatic heterocycles. The highest BCUT2D eigenvalue weighted by atomic mass is 79.9. The van der Waals surface area contributed by atoms with Gasteiger partial charge in [0.2, 0.25) is 5.95 Å². The zero-order valence-electron chi connectivity index (χ0n) is 17.5. The topological polar surface area (TPSA) is 98.1 Å². The van der Waals surface area contributed by atoms with Crippen LogP contribution >= 0.6 is 15.9 Å². The number of nitrogens with one attached hydrogen (secondary N) is 2. The fourth-order valence-electron chi connectivity index (χ4n) is 2.76. The van der Waals surface area contributed by atoms with Gasteiger partial charge in [0.15, 0.2) is 0 Å². The van der Waals surface area contributed by atoms with Crippen molar-refractivity contribution in [3.63, 3.8) is 0 Å². The minimum Gasteiger partial charge on any atom is -0.444 e. The zero-order chi connectivity index (χ0) is 22.4. The Hall–Kier alpha value is -3.20. The molecule has 1 atom stereocenters. The van der Waals surface area contributed by atoms with Crippen molar-refractivity contribution in [1.29, 1.82) is 0 Å². The third-order valence-corrected chi connectivity index (χ3v) is 4.61. The second-order valence-corrected chi connectivity index (χ2v) is 8.79. The Bertz CT molecular complexity index is 1030. The highest BCUT2D eigenvalue weighted by Crippen LogP contribution is 2.17. The number of rotatable bonds is 6. The summed E-state index contributed by atoms with van der Waals surface area (Å²) in [5.74, 6) is -0.326. The Balaban J connectivity index is 1.70. The predicted molar refractivity (Wildman–Crippen MR) is 120 cm³/mol. The predicted octanol–water partition coefficient (Wildman–Crippen LogP) is 4.29. The Morgan fingerprint density at radius 1 is 1.10 bits per heavy atom. The van der Waals surface area contributed by atoms with Crippen LogP contribution in [0, 0.1) is 0 Å². The zero-order valence-corrected chi connectivity index (χ0v) is 19.1. The number of carbonyl (C=O) groups excluding carboxylic acids is 2. The molecule has 9 heteroatoms. The molecule has 0 spiro atoms. The molecule has 0 saturated carbocycles. The molecule has 2 amide bonds. The summed E-state index contributed by atoms with van der Waals surface area (Å²) in [4.78, 5) is 29.4. The van der Waals surface area contributed by atoms with Crippen molar-refractivity contribution in [2.24, 2.45) is 0 Å². The average Bonchev–Trinajstić information content (AvgIpc) is 3.14. The molecule has 0 radical (unpaired) electrons. The van der Waals surface area contributed by atoms with E-state index in [1.165, 1.54) is 6.33 Å². The van der Waals surface area contributed by atoms with Crippen LogP contribution in [0.4, 0.5) is 10.7 Å². The maximum Gasteiger partial charge on any atom is 0.408 e. The number of hydrogen-bond donors (Lipinski definition) is 2. The van der Waals surface area contributed by atoms with Gasteiger partial charge in [-0.3, -0.25) is 10.1 Å². The van der Waals surface area contributed by atoms with Gasteiger partial charge in [-0.2, -0.15) is 0 Å². The van der Waals surface area contributed by atoms with Gasteiger partial charge in [-0.25, -0.2) is 14.5 Å². The molecule has 8 nitrogen and oxygen atoms in total. The van der Waals surface area contributed by atoms with E-state index in [9.17, 15) is 9.59 Å². The second kappa shape index (κ2) is 9.74. The summed E-state index contributed by atoms with van der Waals surface area (Å²) >= 11 is 3.41. The highest BCUT2D eigenvalue weighted by molar-refractivity contribution is 9.10. The van der Waals surface area contributed by atoms with Gasteiger partial charge in [0.25, 0.3) is 5.91 Å². The monoisotopic (exact) mass is 485 g/mol. The smallest absolute Gasteiger partial charge is 0.408 e. The van der Waals surface area contributed by atoms with E-state index in [4.69, 9.17) is 4.74 Å². The van der Waals surface area contributed by atoms with Crippen LogP contribution in [0.2, 0.25) is 0 Å². The number of hydrogen-bond acceptors (Lipinski definition) is 5. The molecule has 3 rings (SSSR count). The molecule has 2 aromatic carbocycles. The number of nitrogens with zero attached hydrogens (tertiary/aromatic N) is 3. The Morgan fingerprint density at radius 3 is 2.42 bits per heavy atom. The summed E-state index contributed by atoms with van der Waals surface area (Å²) in [6.45, 7) is 5.78. The van der Waals surface area contributed by atoms with E-state index in [0.29, 0.717) is 12.1 Å². The van der Waals surface area contributed by atoms with Crippen LogP contribution in [0.5, 0.6) is 0 Å². The number of alkyl carbamates (subject to hydrolysis) is 1. The first kappa shape index (κ1) is 22.5. The molecule has 2 N–H and O–H groups in total. The molecule has 0 saturated heterocycles. The number of carbonyl (C=O) groups is 2. The van der Waals surface area contributed by atoms with Crippen molar-refractivity contribution < 1.29 is 14.3 Å². The van der Waals surface area contributed by atoms with Crippen molar-refractivity contribution >= 4 is 33.9 Å². The molecular weight excluding hydrogens is 462 g/mol. The molecule has 0 aliphatic carbocycles. The summed E-state index contributed by atoms with van der Waals surface area (Å²) in [5.41, 5.74) is 0.967. The van der Waals surface area contributed by atoms with Crippen LogP contribution in [0.3, 0.4) is 0 Å². The number of benzene rings is 2. The van der Waals surface area contributed by atoms with Crippen LogP contribution < -0.4 is 10.6 Å². The molecule has 162 valence electrons.